The number of nitrogens with one attached hydrogen (secondary N) is 1. The van der Waals surface area contributed by atoms with Gasteiger partial charge in [-0.1, -0.05) is 15.9 Å². The van der Waals surface area contributed by atoms with Crippen molar-refractivity contribution in [1.82, 2.24) is 5.43 Å². The van der Waals surface area contributed by atoms with Gasteiger partial charge in [0.1, 0.15) is 5.75 Å². The van der Waals surface area contributed by atoms with Crippen molar-refractivity contribution < 1.29 is 9.90 Å². The average molecular weight is 418 g/mol. The van der Waals surface area contributed by atoms with Crippen LogP contribution in [0.3, 0.4) is 0 Å². The first kappa shape index (κ1) is 15.2. The van der Waals surface area contributed by atoms with Gasteiger partial charge in [0, 0.05) is 15.4 Å². The van der Waals surface area contributed by atoms with Crippen molar-refractivity contribution in [3.05, 3.63) is 49.0 Å². The number of benzene rings is 1. The fraction of sp³-hybridized carbons (Fsp3) is 0.0769. The molecule has 0 bridgehead atoms. The Morgan fingerprint density at radius 3 is 2.80 bits per heavy atom. The number of hydrogen-bond donors (Lipinski definition) is 2. The first-order valence-electron chi connectivity index (χ1n) is 5.54. The van der Waals surface area contributed by atoms with E-state index in [1.54, 1.807) is 30.5 Å². The number of rotatable bonds is 3. The molecule has 1 aromatic carbocycles. The van der Waals surface area contributed by atoms with Crippen LogP contribution >= 0.6 is 43.2 Å². The highest BCUT2D eigenvalue weighted by Gasteiger charge is 2.11. The minimum absolute atomic E-state index is 0.0826. The molecule has 0 atom stereocenters. The van der Waals surface area contributed by atoms with Crippen molar-refractivity contribution >= 4 is 54.8 Å². The highest BCUT2D eigenvalue weighted by atomic mass is 79.9. The summed E-state index contributed by atoms with van der Waals surface area (Å²) >= 11 is 8.04. The molecule has 0 saturated heterocycles. The van der Waals surface area contributed by atoms with Gasteiger partial charge in [-0.3, -0.25) is 4.79 Å². The molecule has 4 nitrogen and oxygen atoms in total. The third-order valence-corrected chi connectivity index (χ3v) is 4.27. The second-order valence-corrected chi connectivity index (χ2v) is 6.48. The third kappa shape index (κ3) is 3.47. The summed E-state index contributed by atoms with van der Waals surface area (Å²) in [6.45, 7) is 1.71. The monoisotopic (exact) mass is 416 g/mol. The SMILES string of the molecule is C/C(=N\NC(=O)c1ccsc1)c1cc(Br)cc(Br)c1O. The lowest BCUT2D eigenvalue weighted by Crippen LogP contribution is -2.18. The van der Waals surface area contributed by atoms with E-state index in [2.05, 4.69) is 42.4 Å². The number of halogens is 2. The van der Waals surface area contributed by atoms with E-state index in [1.165, 1.54) is 11.3 Å². The Morgan fingerprint density at radius 2 is 2.15 bits per heavy atom. The zero-order chi connectivity index (χ0) is 14.7. The number of hydrazone groups is 1. The first-order chi connectivity index (χ1) is 9.49. The Morgan fingerprint density at radius 1 is 1.40 bits per heavy atom. The van der Waals surface area contributed by atoms with Crippen LogP contribution in [0.2, 0.25) is 0 Å². The molecule has 1 amide bonds. The molecule has 7 heteroatoms. The number of thiophene rings is 1. The molecule has 0 aliphatic rings. The van der Waals surface area contributed by atoms with Crippen LogP contribution < -0.4 is 5.43 Å². The standard InChI is InChI=1S/C13H10Br2N2O2S/c1-7(10-4-9(14)5-11(15)12(10)18)16-17-13(19)8-2-3-20-6-8/h2-6,18H,1H3,(H,17,19)/b16-7+. The Balaban J connectivity index is 2.21. The summed E-state index contributed by atoms with van der Waals surface area (Å²) in [5.41, 5.74) is 4.07. The minimum Gasteiger partial charge on any atom is -0.506 e. The van der Waals surface area contributed by atoms with Crippen molar-refractivity contribution in [2.75, 3.05) is 0 Å². The highest BCUT2D eigenvalue weighted by Crippen LogP contribution is 2.31. The van der Waals surface area contributed by atoms with Crippen molar-refractivity contribution in [3.63, 3.8) is 0 Å². The van der Waals surface area contributed by atoms with Gasteiger partial charge in [-0.25, -0.2) is 5.43 Å². The summed E-state index contributed by atoms with van der Waals surface area (Å²) in [4.78, 5) is 11.8. The maximum Gasteiger partial charge on any atom is 0.272 e. The topological polar surface area (TPSA) is 61.7 Å². The van der Waals surface area contributed by atoms with Gasteiger partial charge in [0.25, 0.3) is 5.91 Å². The zero-order valence-corrected chi connectivity index (χ0v) is 14.3. The van der Waals surface area contributed by atoms with Gasteiger partial charge in [-0.05, 0) is 46.4 Å². The first-order valence-corrected chi connectivity index (χ1v) is 8.07. The van der Waals surface area contributed by atoms with Crippen LogP contribution in [0, 0.1) is 0 Å². The van der Waals surface area contributed by atoms with E-state index in [4.69, 9.17) is 0 Å². The molecule has 0 aliphatic heterocycles. The number of phenols is 1. The van der Waals surface area contributed by atoms with Crippen LogP contribution in [0.4, 0.5) is 0 Å². The molecule has 0 saturated carbocycles. The lowest BCUT2D eigenvalue weighted by Gasteiger charge is -2.07. The maximum atomic E-state index is 11.8. The normalized spacial score (nSPS) is 11.4. The van der Waals surface area contributed by atoms with Crippen LogP contribution in [0.15, 0.2) is 43.0 Å². The van der Waals surface area contributed by atoms with Crippen LogP contribution in [0.1, 0.15) is 22.8 Å². The van der Waals surface area contributed by atoms with Crippen molar-refractivity contribution in [1.29, 1.82) is 0 Å². The number of phenolic OH excluding ortho intramolecular Hbond substituents is 1. The van der Waals surface area contributed by atoms with E-state index >= 15 is 0 Å². The molecule has 20 heavy (non-hydrogen) atoms. The Kier molecular flexibility index (Phi) is 4.95. The molecule has 2 aromatic rings. The number of carbonyl (C=O) groups is 1. The summed E-state index contributed by atoms with van der Waals surface area (Å²) in [5.74, 6) is -0.196. The number of amides is 1. The largest absolute Gasteiger partial charge is 0.506 e. The smallest absolute Gasteiger partial charge is 0.272 e. The summed E-state index contributed by atoms with van der Waals surface area (Å²) in [7, 11) is 0. The molecule has 0 spiro atoms. The molecule has 0 fully saturated rings. The van der Waals surface area contributed by atoms with Crippen LogP contribution in [-0.2, 0) is 0 Å². The van der Waals surface area contributed by atoms with Crippen LogP contribution in [0.25, 0.3) is 0 Å². The predicted molar refractivity (Wildman–Crippen MR) is 87.5 cm³/mol. The van der Waals surface area contributed by atoms with Crippen molar-refractivity contribution in [2.45, 2.75) is 6.92 Å². The van der Waals surface area contributed by atoms with E-state index < -0.39 is 0 Å². The molecule has 0 aliphatic carbocycles. The summed E-state index contributed by atoms with van der Waals surface area (Å²) in [6, 6.07) is 5.18. The zero-order valence-electron chi connectivity index (χ0n) is 10.4. The number of carbonyl (C=O) groups excluding carboxylic acids is 1. The lowest BCUT2D eigenvalue weighted by atomic mass is 10.1. The van der Waals surface area contributed by atoms with Gasteiger partial charge in [-0.2, -0.15) is 16.4 Å². The summed E-state index contributed by atoms with van der Waals surface area (Å²) < 4.78 is 1.36. The Hall–Kier alpha value is -1.18. The summed E-state index contributed by atoms with van der Waals surface area (Å²) in [5, 5.41) is 17.6. The van der Waals surface area contributed by atoms with Gasteiger partial charge in [0.05, 0.1) is 15.7 Å². The minimum atomic E-state index is -0.279. The fourth-order valence-electron chi connectivity index (χ4n) is 1.49. The quantitative estimate of drug-likeness (QED) is 0.582. The van der Waals surface area contributed by atoms with Gasteiger partial charge in [-0.15, -0.1) is 0 Å². The molecule has 104 valence electrons. The molecular formula is C13H10Br2N2O2S. The number of hydrogen-bond acceptors (Lipinski definition) is 4. The van der Waals surface area contributed by atoms with E-state index in [0.717, 1.165) is 4.47 Å². The fourth-order valence-corrected chi connectivity index (χ4v) is 3.36. The van der Waals surface area contributed by atoms with E-state index in [1.807, 2.05) is 5.38 Å². The van der Waals surface area contributed by atoms with Gasteiger partial charge in [0.2, 0.25) is 0 Å². The molecule has 2 N–H and O–H groups in total. The predicted octanol–water partition coefficient (Wildman–Crippen LogP) is 4.13. The van der Waals surface area contributed by atoms with Gasteiger partial charge in [0.15, 0.2) is 0 Å². The second kappa shape index (κ2) is 6.51. The number of nitrogens with zero attached hydrogens (tertiary/aromatic N) is 1. The molecule has 1 aromatic heterocycles. The van der Waals surface area contributed by atoms with Gasteiger partial charge < -0.3 is 5.11 Å². The van der Waals surface area contributed by atoms with Crippen LogP contribution in [0.5, 0.6) is 5.75 Å². The average Bonchev–Trinajstić information content (AvgIpc) is 2.93. The second-order valence-electron chi connectivity index (χ2n) is 3.93. The Bertz CT molecular complexity index is 669. The van der Waals surface area contributed by atoms with E-state index in [-0.39, 0.29) is 11.7 Å². The molecule has 0 radical (unpaired) electrons. The Labute approximate surface area is 136 Å². The molecule has 2 rings (SSSR count). The molecule has 1 heterocycles. The van der Waals surface area contributed by atoms with Crippen molar-refractivity contribution in [2.24, 2.45) is 5.10 Å². The number of aromatic hydroxyl groups is 1. The van der Waals surface area contributed by atoms with Crippen LogP contribution in [-0.4, -0.2) is 16.7 Å². The highest BCUT2D eigenvalue weighted by molar-refractivity contribution is 9.11. The lowest BCUT2D eigenvalue weighted by molar-refractivity contribution is 0.0955. The summed E-state index contributed by atoms with van der Waals surface area (Å²) in [6.07, 6.45) is 0. The van der Waals surface area contributed by atoms with E-state index in [0.29, 0.717) is 21.3 Å². The van der Waals surface area contributed by atoms with Crippen molar-refractivity contribution in [3.8, 4) is 5.75 Å². The van der Waals surface area contributed by atoms with Gasteiger partial charge >= 0.3 is 0 Å². The van der Waals surface area contributed by atoms with E-state index in [9.17, 15) is 9.90 Å². The molecule has 0 unspecified atom stereocenters. The molecular weight excluding hydrogens is 408 g/mol. The third-order valence-electron chi connectivity index (χ3n) is 2.53. The maximum absolute atomic E-state index is 11.8.